The molecule has 1 N–H and O–H groups in total. The van der Waals surface area contributed by atoms with Crippen LogP contribution in [0.5, 0.6) is 0 Å². The van der Waals surface area contributed by atoms with Crippen molar-refractivity contribution in [3.63, 3.8) is 0 Å². The number of aliphatic hydroxyl groups excluding tert-OH is 1. The fourth-order valence-corrected chi connectivity index (χ4v) is 1.28. The molecule has 0 spiro atoms. The van der Waals surface area contributed by atoms with Gasteiger partial charge in [0.25, 0.3) is 0 Å². The summed E-state index contributed by atoms with van der Waals surface area (Å²) in [4.78, 5) is 0.00782. The number of nitrogens with zero attached hydrogens (tertiary/aromatic N) is 3. The Morgan fingerprint density at radius 2 is 2.33 bits per heavy atom. The van der Waals surface area contributed by atoms with Gasteiger partial charge >= 0.3 is 29.6 Å². The van der Waals surface area contributed by atoms with E-state index in [4.69, 9.17) is 5.11 Å². The number of hydrazine groups is 1. The Morgan fingerprint density at radius 3 is 2.83 bits per heavy atom. The zero-order valence-electron chi connectivity index (χ0n) is 7.01. The van der Waals surface area contributed by atoms with Gasteiger partial charge in [0.1, 0.15) is 6.04 Å². The predicted octanol–water partition coefficient (Wildman–Crippen LogP) is -3.18. The van der Waals surface area contributed by atoms with Crippen LogP contribution in [-0.4, -0.2) is 34.3 Å². The molecule has 1 unspecified atom stereocenters. The average Bonchev–Trinajstić information content (AvgIpc) is 2.50. The Labute approximate surface area is 92.3 Å². The van der Waals surface area contributed by atoms with Crippen LogP contribution in [0.1, 0.15) is 12.8 Å². The smallest absolute Gasteiger partial charge is 0.737 e. The zero-order valence-corrected chi connectivity index (χ0v) is 9.01. The summed E-state index contributed by atoms with van der Waals surface area (Å²) in [7, 11) is 0. The van der Waals surface area contributed by atoms with Crippen LogP contribution >= 0.6 is 0 Å². The minimum absolute atomic E-state index is 0. The van der Waals surface area contributed by atoms with Crippen LogP contribution < -0.4 is 29.6 Å². The van der Waals surface area contributed by atoms with Crippen molar-refractivity contribution >= 4 is 0 Å². The molecule has 6 nitrogen and oxygen atoms in total. The van der Waals surface area contributed by atoms with Gasteiger partial charge in [-0.15, -0.1) is 5.01 Å². The molecule has 1 aliphatic rings. The first-order valence-corrected chi connectivity index (χ1v) is 3.47. The predicted molar refractivity (Wildman–Crippen MR) is 36.2 cm³/mol. The van der Waals surface area contributed by atoms with Crippen LogP contribution in [0, 0.1) is 10.4 Å². The second kappa shape index (κ2) is 5.58. The summed E-state index contributed by atoms with van der Waals surface area (Å²) in [6, 6.07) is -0.231. The van der Waals surface area contributed by atoms with Crippen molar-refractivity contribution in [1.82, 2.24) is 5.01 Å². The van der Waals surface area contributed by atoms with Gasteiger partial charge in [-0.3, -0.25) is 0 Å². The molecule has 1 rings (SSSR count). The van der Waals surface area contributed by atoms with Crippen LogP contribution in [0.25, 0.3) is 0 Å². The molecular weight excluding hydrogens is 173 g/mol. The minimum atomic E-state index is -0.231. The first kappa shape index (κ1) is 12.0. The third-order valence-corrected chi connectivity index (χ3v) is 1.85. The summed E-state index contributed by atoms with van der Waals surface area (Å²) in [5.41, 5.74) is 0. The monoisotopic (exact) mass is 183 g/mol. The van der Waals surface area contributed by atoms with Crippen molar-refractivity contribution in [1.29, 1.82) is 0 Å². The number of hydrogen-bond donors (Lipinski definition) is 1. The SMILES string of the molecule is [Na+].[O-]/N=[N+](/[O-])N1CCCC1CO. The van der Waals surface area contributed by atoms with Gasteiger partial charge in [0, 0.05) is 4.97 Å². The Kier molecular flexibility index (Phi) is 5.56. The topological polar surface area (TPSA) is 85.0 Å². The molecule has 1 saturated heterocycles. The van der Waals surface area contributed by atoms with E-state index in [2.05, 4.69) is 5.28 Å². The minimum Gasteiger partial charge on any atom is -0.737 e. The van der Waals surface area contributed by atoms with Crippen molar-refractivity contribution in [3.8, 4) is 0 Å². The second-order valence-electron chi connectivity index (χ2n) is 2.48. The summed E-state index contributed by atoms with van der Waals surface area (Å²) in [5, 5.41) is 32.6. The summed E-state index contributed by atoms with van der Waals surface area (Å²) in [6.45, 7) is 0.398. The molecule has 0 amide bonds. The summed E-state index contributed by atoms with van der Waals surface area (Å²) >= 11 is 0. The number of rotatable bonds is 2. The molecule has 0 saturated carbocycles. The average molecular weight is 183 g/mol. The third kappa shape index (κ3) is 2.48. The molecule has 7 heteroatoms. The number of aliphatic hydroxyl groups is 1. The van der Waals surface area contributed by atoms with E-state index >= 15 is 0 Å². The molecule has 0 aromatic heterocycles. The Morgan fingerprint density at radius 1 is 1.67 bits per heavy atom. The van der Waals surface area contributed by atoms with E-state index in [9.17, 15) is 10.4 Å². The molecule has 1 fully saturated rings. The van der Waals surface area contributed by atoms with Gasteiger partial charge in [-0.05, 0) is 18.1 Å². The summed E-state index contributed by atoms with van der Waals surface area (Å²) in [5.74, 6) is 0. The van der Waals surface area contributed by atoms with E-state index in [1.165, 1.54) is 5.01 Å². The quantitative estimate of drug-likeness (QED) is 0.212. The number of hydrogen-bond acceptors (Lipinski definition) is 4. The third-order valence-electron chi connectivity index (χ3n) is 1.85. The van der Waals surface area contributed by atoms with E-state index in [0.717, 1.165) is 12.8 Å². The van der Waals surface area contributed by atoms with Crippen molar-refractivity contribution in [2.24, 2.45) is 5.28 Å². The van der Waals surface area contributed by atoms with E-state index in [0.29, 0.717) is 6.54 Å². The summed E-state index contributed by atoms with van der Waals surface area (Å²) < 4.78 is 0. The maximum absolute atomic E-state index is 10.6. The fraction of sp³-hybridized carbons (Fsp3) is 1.00. The zero-order chi connectivity index (χ0) is 8.27. The maximum Gasteiger partial charge on any atom is 1.00 e. The Balaban J connectivity index is 0.00000121. The molecule has 0 radical (unpaired) electrons. The molecule has 12 heavy (non-hydrogen) atoms. The van der Waals surface area contributed by atoms with Crippen LogP contribution in [0.15, 0.2) is 5.28 Å². The molecule has 64 valence electrons. The van der Waals surface area contributed by atoms with Crippen molar-refractivity contribution in [2.75, 3.05) is 13.2 Å². The van der Waals surface area contributed by atoms with Gasteiger partial charge in [-0.2, -0.15) is 0 Å². The molecule has 1 atom stereocenters. The fourth-order valence-electron chi connectivity index (χ4n) is 1.28. The molecule has 0 aromatic rings. The summed E-state index contributed by atoms with van der Waals surface area (Å²) in [6.07, 6.45) is 1.56. The standard InChI is InChI=1S/C5H11N3O3.Na/c9-4-5-2-1-3-7(5)8(11)6-10;/h5,9-10H,1-4H2;/q;+1/p-1/b8-6+;. The molecule has 1 aliphatic heterocycles. The maximum atomic E-state index is 10.6. The van der Waals surface area contributed by atoms with Gasteiger partial charge in [0.15, 0.2) is 0 Å². The van der Waals surface area contributed by atoms with Crippen molar-refractivity contribution in [2.45, 2.75) is 18.9 Å². The normalized spacial score (nSPS) is 23.9. The van der Waals surface area contributed by atoms with Crippen LogP contribution in [-0.2, 0) is 0 Å². The molecule has 0 aliphatic carbocycles. The molecule has 0 aromatic carbocycles. The first-order valence-electron chi connectivity index (χ1n) is 3.47. The van der Waals surface area contributed by atoms with Crippen molar-refractivity contribution in [3.05, 3.63) is 10.4 Å². The van der Waals surface area contributed by atoms with Crippen LogP contribution in [0.2, 0.25) is 0 Å². The Bertz CT molecular complexity index is 166. The molecular formula is C5H10N3NaO3. The van der Waals surface area contributed by atoms with Gasteiger partial charge < -0.3 is 15.5 Å². The first-order chi connectivity index (χ1) is 5.29. The van der Waals surface area contributed by atoms with E-state index in [-0.39, 0.29) is 47.2 Å². The van der Waals surface area contributed by atoms with Crippen molar-refractivity contribution < 1.29 is 39.6 Å². The van der Waals surface area contributed by atoms with E-state index in [1.54, 1.807) is 0 Å². The Hall–Kier alpha value is -0.0400. The van der Waals surface area contributed by atoms with Crippen LogP contribution in [0.3, 0.4) is 0 Å². The molecule has 0 bridgehead atoms. The van der Waals surface area contributed by atoms with Gasteiger partial charge in [-0.25, -0.2) is 0 Å². The van der Waals surface area contributed by atoms with Gasteiger partial charge in [0.05, 0.1) is 13.2 Å². The van der Waals surface area contributed by atoms with Gasteiger partial charge in [-0.1, -0.05) is 0 Å². The molecule has 1 heterocycles. The largest absolute Gasteiger partial charge is 1.00 e. The van der Waals surface area contributed by atoms with E-state index in [1.807, 2.05) is 0 Å². The van der Waals surface area contributed by atoms with Gasteiger partial charge in [0.2, 0.25) is 0 Å². The second-order valence-corrected chi connectivity index (χ2v) is 2.48. The van der Waals surface area contributed by atoms with Crippen LogP contribution in [0.4, 0.5) is 0 Å². The van der Waals surface area contributed by atoms with E-state index < -0.39 is 0 Å².